The number of alkyl halides is 3. The van der Waals surface area contributed by atoms with Gasteiger partial charge in [0.15, 0.2) is 0 Å². The fraction of sp³-hybridized carbons (Fsp3) is 0.100. The number of aromatic nitrogens is 3. The minimum Gasteiger partial charge on any atom is -0.346 e. The summed E-state index contributed by atoms with van der Waals surface area (Å²) in [7, 11) is 0. The van der Waals surface area contributed by atoms with Crippen LogP contribution in [0.4, 0.5) is 13.2 Å². The number of benzene rings is 2. The van der Waals surface area contributed by atoms with Gasteiger partial charge in [0, 0.05) is 11.6 Å². The predicted octanol–water partition coefficient (Wildman–Crippen LogP) is 3.77. The number of hydrogen-bond acceptors (Lipinski definition) is 5. The molecule has 2 aromatic carbocycles. The molecule has 0 bridgehead atoms. The molecule has 0 spiro atoms. The van der Waals surface area contributed by atoms with Gasteiger partial charge in [-0.15, -0.1) is 0 Å². The van der Waals surface area contributed by atoms with E-state index >= 15 is 0 Å². The molecule has 0 fully saturated rings. The molecular weight excluding hydrogens is 417 g/mol. The van der Waals surface area contributed by atoms with E-state index in [-0.39, 0.29) is 12.2 Å². The van der Waals surface area contributed by atoms with Gasteiger partial charge in [0.2, 0.25) is 4.96 Å². The first kappa shape index (κ1) is 19.8. The molecule has 2 heterocycles. The second-order valence-electron chi connectivity index (χ2n) is 6.28. The summed E-state index contributed by atoms with van der Waals surface area (Å²) in [6, 6.07) is 14.9. The monoisotopic (exact) mass is 430 g/mol. The molecule has 2 aromatic heterocycles. The molecule has 0 saturated heterocycles. The van der Waals surface area contributed by atoms with Crippen LogP contribution in [-0.4, -0.2) is 20.5 Å². The van der Waals surface area contributed by atoms with Crippen LogP contribution in [-0.2, 0) is 12.7 Å². The zero-order valence-electron chi connectivity index (χ0n) is 15.2. The Labute approximate surface area is 171 Å². The number of halogens is 3. The number of carbonyl (C=O) groups excluding carboxylic acids is 1. The van der Waals surface area contributed by atoms with Crippen molar-refractivity contribution in [1.82, 2.24) is 19.9 Å². The minimum absolute atomic E-state index is 0.199. The smallest absolute Gasteiger partial charge is 0.346 e. The van der Waals surface area contributed by atoms with Crippen LogP contribution >= 0.6 is 11.3 Å². The van der Waals surface area contributed by atoms with Crippen LogP contribution in [0.3, 0.4) is 0 Å². The van der Waals surface area contributed by atoms with Crippen LogP contribution in [0.2, 0.25) is 0 Å². The Hall–Kier alpha value is -3.53. The van der Waals surface area contributed by atoms with E-state index in [2.05, 4.69) is 15.4 Å². The highest BCUT2D eigenvalue weighted by Crippen LogP contribution is 2.31. The van der Waals surface area contributed by atoms with Gasteiger partial charge in [0.25, 0.3) is 11.5 Å². The summed E-state index contributed by atoms with van der Waals surface area (Å²) in [5, 5.41) is 7.24. The highest BCUT2D eigenvalue weighted by atomic mass is 32.1. The third-order valence-corrected chi connectivity index (χ3v) is 5.18. The van der Waals surface area contributed by atoms with Gasteiger partial charge in [0.05, 0.1) is 23.4 Å². The lowest BCUT2D eigenvalue weighted by molar-refractivity contribution is -0.137. The Morgan fingerprint density at radius 2 is 1.77 bits per heavy atom. The summed E-state index contributed by atoms with van der Waals surface area (Å²) in [6.45, 7) is -0.199. The molecule has 152 valence electrons. The topological polar surface area (TPSA) is 76.4 Å². The minimum atomic E-state index is -4.65. The van der Waals surface area contributed by atoms with Gasteiger partial charge in [-0.2, -0.15) is 22.8 Å². The molecule has 0 atom stereocenters. The van der Waals surface area contributed by atoms with E-state index < -0.39 is 28.8 Å². The van der Waals surface area contributed by atoms with E-state index in [9.17, 15) is 22.8 Å². The van der Waals surface area contributed by atoms with Crippen LogP contribution in [0.25, 0.3) is 15.5 Å². The number of amides is 1. The van der Waals surface area contributed by atoms with E-state index in [0.29, 0.717) is 9.97 Å². The average molecular weight is 430 g/mol. The van der Waals surface area contributed by atoms with E-state index in [1.807, 2.05) is 30.3 Å². The van der Waals surface area contributed by atoms with Gasteiger partial charge in [-0.3, -0.25) is 9.59 Å². The molecule has 10 heteroatoms. The van der Waals surface area contributed by atoms with E-state index in [0.717, 1.165) is 22.2 Å². The predicted molar refractivity (Wildman–Crippen MR) is 105 cm³/mol. The molecule has 6 nitrogen and oxygen atoms in total. The van der Waals surface area contributed by atoms with Crippen LogP contribution in [0, 0.1) is 0 Å². The van der Waals surface area contributed by atoms with Gasteiger partial charge >= 0.3 is 6.18 Å². The number of hydrogen-bond donors (Lipinski definition) is 1. The fourth-order valence-electron chi connectivity index (χ4n) is 2.84. The summed E-state index contributed by atoms with van der Waals surface area (Å²) >= 11 is 1.19. The normalized spacial score (nSPS) is 11.6. The molecule has 1 amide bonds. The van der Waals surface area contributed by atoms with Crippen molar-refractivity contribution in [2.24, 2.45) is 0 Å². The molecular formula is C20H13F3N4O2S. The van der Waals surface area contributed by atoms with Gasteiger partial charge < -0.3 is 5.32 Å². The van der Waals surface area contributed by atoms with Gasteiger partial charge in [-0.25, -0.2) is 4.98 Å². The SMILES string of the molecule is O=C(NCc1cc(=O)n2nc(-c3ccccc3)sc2n1)c1ccccc1C(F)(F)F. The highest BCUT2D eigenvalue weighted by Gasteiger charge is 2.34. The molecule has 1 N–H and O–H groups in total. The number of rotatable bonds is 4. The van der Waals surface area contributed by atoms with Gasteiger partial charge in [0.1, 0.15) is 5.01 Å². The molecule has 0 aliphatic heterocycles. The first-order valence-corrected chi connectivity index (χ1v) is 9.54. The standard InChI is InChI=1S/C20H13F3N4O2S/c21-20(22,23)15-9-5-4-8-14(15)17(29)24-11-13-10-16(28)27-19(25-13)30-18(26-27)12-6-2-1-3-7-12/h1-10H,11H2,(H,24,29). The number of fused-ring (bicyclic) bond motifs is 1. The summed E-state index contributed by atoms with van der Waals surface area (Å²) in [5.74, 6) is -0.904. The molecule has 0 unspecified atom stereocenters. The van der Waals surface area contributed by atoms with Crippen LogP contribution < -0.4 is 10.9 Å². The van der Waals surface area contributed by atoms with Crippen molar-refractivity contribution in [2.75, 3.05) is 0 Å². The first-order valence-electron chi connectivity index (χ1n) is 8.72. The first-order chi connectivity index (χ1) is 14.3. The summed E-state index contributed by atoms with van der Waals surface area (Å²) < 4.78 is 40.4. The molecule has 0 radical (unpaired) electrons. The maximum absolute atomic E-state index is 13.1. The number of carbonyl (C=O) groups is 1. The Bertz CT molecular complexity index is 1280. The lowest BCUT2D eigenvalue weighted by Crippen LogP contribution is -2.27. The third-order valence-electron chi connectivity index (χ3n) is 4.23. The zero-order valence-corrected chi connectivity index (χ0v) is 16.0. The summed E-state index contributed by atoms with van der Waals surface area (Å²) in [6.07, 6.45) is -4.65. The van der Waals surface area contributed by atoms with Crippen molar-refractivity contribution in [3.8, 4) is 10.6 Å². The van der Waals surface area contributed by atoms with E-state index in [1.54, 1.807) is 0 Å². The van der Waals surface area contributed by atoms with Crippen LogP contribution in [0.15, 0.2) is 65.5 Å². The van der Waals surface area contributed by atoms with Gasteiger partial charge in [-0.1, -0.05) is 53.8 Å². The van der Waals surface area contributed by atoms with E-state index in [1.165, 1.54) is 29.5 Å². The molecule has 4 aromatic rings. The molecule has 30 heavy (non-hydrogen) atoms. The van der Waals surface area contributed by atoms with Crippen molar-refractivity contribution in [3.63, 3.8) is 0 Å². The molecule has 0 aliphatic rings. The second-order valence-corrected chi connectivity index (χ2v) is 7.24. The van der Waals surface area contributed by atoms with Crippen molar-refractivity contribution in [1.29, 1.82) is 0 Å². The van der Waals surface area contributed by atoms with Crippen molar-refractivity contribution in [2.45, 2.75) is 12.7 Å². The van der Waals surface area contributed by atoms with Crippen molar-refractivity contribution < 1.29 is 18.0 Å². The summed E-state index contributed by atoms with van der Waals surface area (Å²) in [5.41, 5.74) is -0.918. The molecule has 4 rings (SSSR count). The summed E-state index contributed by atoms with van der Waals surface area (Å²) in [4.78, 5) is 29.3. The maximum Gasteiger partial charge on any atom is 0.417 e. The second kappa shape index (κ2) is 7.71. The Morgan fingerprint density at radius 1 is 1.07 bits per heavy atom. The fourth-order valence-corrected chi connectivity index (χ4v) is 3.77. The van der Waals surface area contributed by atoms with Crippen LogP contribution in [0.5, 0.6) is 0 Å². The largest absolute Gasteiger partial charge is 0.417 e. The molecule has 0 aliphatic carbocycles. The highest BCUT2D eigenvalue weighted by molar-refractivity contribution is 7.19. The molecule has 0 saturated carbocycles. The van der Waals surface area contributed by atoms with Crippen molar-refractivity contribution >= 4 is 22.2 Å². The Kier molecular flexibility index (Phi) is 5.08. The van der Waals surface area contributed by atoms with Gasteiger partial charge in [-0.05, 0) is 12.1 Å². The maximum atomic E-state index is 13.1. The Balaban J connectivity index is 1.58. The average Bonchev–Trinajstić information content (AvgIpc) is 3.17. The lowest BCUT2D eigenvalue weighted by Gasteiger charge is -2.12. The van der Waals surface area contributed by atoms with Crippen molar-refractivity contribution in [3.05, 3.63) is 87.8 Å². The number of nitrogens with zero attached hydrogens (tertiary/aromatic N) is 3. The lowest BCUT2D eigenvalue weighted by atomic mass is 10.1. The zero-order chi connectivity index (χ0) is 21.3. The third kappa shape index (κ3) is 3.94. The number of nitrogens with one attached hydrogen (secondary N) is 1. The van der Waals surface area contributed by atoms with E-state index in [4.69, 9.17) is 0 Å². The Morgan fingerprint density at radius 3 is 2.50 bits per heavy atom. The van der Waals surface area contributed by atoms with Crippen LogP contribution in [0.1, 0.15) is 21.6 Å². The quantitative estimate of drug-likeness (QED) is 0.535.